The molecule has 0 atom stereocenters. The molecule has 0 spiro atoms. The number of hydrogen-bond donors (Lipinski definition) is 0. The molecule has 1 aromatic rings. The minimum absolute atomic E-state index is 0.0219. The lowest BCUT2D eigenvalue weighted by Gasteiger charge is -2.29. The van der Waals surface area contributed by atoms with Crippen LogP contribution in [0.4, 0.5) is 5.69 Å². The highest BCUT2D eigenvalue weighted by atomic mass is 16.5. The van der Waals surface area contributed by atoms with Gasteiger partial charge in [0.2, 0.25) is 5.91 Å². The Hall–Kier alpha value is -1.84. The molecule has 4 nitrogen and oxygen atoms in total. The third kappa shape index (κ3) is 3.13. The number of esters is 1. The van der Waals surface area contributed by atoms with Crippen LogP contribution in [0.5, 0.6) is 0 Å². The van der Waals surface area contributed by atoms with Crippen molar-refractivity contribution in [1.29, 1.82) is 0 Å². The van der Waals surface area contributed by atoms with E-state index in [9.17, 15) is 9.59 Å². The Kier molecular flexibility index (Phi) is 4.70. The van der Waals surface area contributed by atoms with Crippen molar-refractivity contribution < 1.29 is 14.3 Å². The summed E-state index contributed by atoms with van der Waals surface area (Å²) in [5.41, 5.74) is 0.506. The average Bonchev–Trinajstić information content (AvgIpc) is 2.44. The highest BCUT2D eigenvalue weighted by Gasteiger charge is 2.30. The summed E-state index contributed by atoms with van der Waals surface area (Å²) in [5, 5.41) is 0. The molecular formula is C15H21NO3. The molecule has 104 valence electrons. The third-order valence-electron chi connectivity index (χ3n) is 3.44. The van der Waals surface area contributed by atoms with Gasteiger partial charge in [-0.25, -0.2) is 4.79 Å². The molecule has 0 heterocycles. The summed E-state index contributed by atoms with van der Waals surface area (Å²) in [6, 6.07) is 6.95. The van der Waals surface area contributed by atoms with Gasteiger partial charge in [0.05, 0.1) is 18.4 Å². The number of nitrogens with zero attached hydrogens (tertiary/aromatic N) is 1. The predicted octanol–water partition coefficient (Wildman–Crippen LogP) is 2.87. The number of rotatable bonds is 4. The Morgan fingerprint density at radius 2 is 1.84 bits per heavy atom. The molecule has 0 bridgehead atoms. The highest BCUT2D eigenvalue weighted by molar-refractivity contribution is 6.03. The molecule has 0 saturated heterocycles. The standard InChI is InChI=1S/C15H21NO3/c1-6-15(2,3)14(18)16(4)12-10-8-7-9-11(12)13(17)19-5/h7-10H,6H2,1-5H3. The summed E-state index contributed by atoms with van der Waals surface area (Å²) in [6.45, 7) is 5.76. The molecule has 0 N–H and O–H groups in total. The largest absolute Gasteiger partial charge is 0.465 e. The Morgan fingerprint density at radius 1 is 1.26 bits per heavy atom. The second-order valence-corrected chi connectivity index (χ2v) is 5.11. The van der Waals surface area contributed by atoms with E-state index in [1.165, 1.54) is 12.0 Å². The van der Waals surface area contributed by atoms with Gasteiger partial charge in [0.25, 0.3) is 0 Å². The maximum absolute atomic E-state index is 12.4. The van der Waals surface area contributed by atoms with Gasteiger partial charge in [-0.1, -0.05) is 32.9 Å². The molecule has 0 unspecified atom stereocenters. The second-order valence-electron chi connectivity index (χ2n) is 5.11. The minimum atomic E-state index is -0.460. The molecule has 0 aliphatic heterocycles. The van der Waals surface area contributed by atoms with Gasteiger partial charge in [-0.05, 0) is 18.6 Å². The van der Waals surface area contributed by atoms with E-state index in [1.54, 1.807) is 31.3 Å². The van der Waals surface area contributed by atoms with Crippen LogP contribution in [0.3, 0.4) is 0 Å². The predicted molar refractivity (Wildman–Crippen MR) is 75.3 cm³/mol. The SMILES string of the molecule is CCC(C)(C)C(=O)N(C)c1ccccc1C(=O)OC. The van der Waals surface area contributed by atoms with Crippen molar-refractivity contribution in [2.24, 2.45) is 5.41 Å². The number of hydrogen-bond acceptors (Lipinski definition) is 3. The topological polar surface area (TPSA) is 46.6 Å². The first-order valence-electron chi connectivity index (χ1n) is 6.30. The van der Waals surface area contributed by atoms with Crippen molar-refractivity contribution in [3.8, 4) is 0 Å². The summed E-state index contributed by atoms with van der Waals surface area (Å²) in [6.07, 6.45) is 0.733. The number of carbonyl (C=O) groups is 2. The lowest BCUT2D eigenvalue weighted by Crippen LogP contribution is -2.38. The summed E-state index contributed by atoms with van der Waals surface area (Å²) in [4.78, 5) is 25.7. The summed E-state index contributed by atoms with van der Waals surface area (Å²) in [5.74, 6) is -0.462. The Labute approximate surface area is 114 Å². The Balaban J connectivity index is 3.17. The van der Waals surface area contributed by atoms with E-state index in [0.717, 1.165) is 6.42 Å². The molecule has 0 saturated carbocycles. The maximum Gasteiger partial charge on any atom is 0.339 e. The highest BCUT2D eigenvalue weighted by Crippen LogP contribution is 2.28. The van der Waals surface area contributed by atoms with Crippen LogP contribution in [0.1, 0.15) is 37.6 Å². The van der Waals surface area contributed by atoms with Crippen LogP contribution in [-0.4, -0.2) is 26.0 Å². The number of para-hydroxylation sites is 1. The van der Waals surface area contributed by atoms with Crippen molar-refractivity contribution in [3.63, 3.8) is 0 Å². The van der Waals surface area contributed by atoms with E-state index in [2.05, 4.69) is 0 Å². The number of carbonyl (C=O) groups excluding carboxylic acids is 2. The number of amides is 1. The number of anilines is 1. The van der Waals surface area contributed by atoms with Crippen molar-refractivity contribution in [3.05, 3.63) is 29.8 Å². The van der Waals surface area contributed by atoms with Gasteiger partial charge in [0.1, 0.15) is 0 Å². The summed E-state index contributed by atoms with van der Waals surface area (Å²) >= 11 is 0. The van der Waals surface area contributed by atoms with Crippen molar-refractivity contribution >= 4 is 17.6 Å². The molecule has 0 aliphatic rings. The molecule has 4 heteroatoms. The van der Waals surface area contributed by atoms with E-state index in [1.807, 2.05) is 20.8 Å². The van der Waals surface area contributed by atoms with Gasteiger partial charge in [-0.15, -0.1) is 0 Å². The van der Waals surface area contributed by atoms with E-state index >= 15 is 0 Å². The summed E-state index contributed by atoms with van der Waals surface area (Å²) in [7, 11) is 3.01. The first-order valence-corrected chi connectivity index (χ1v) is 6.30. The van der Waals surface area contributed by atoms with Crippen LogP contribution in [0.25, 0.3) is 0 Å². The fourth-order valence-corrected chi connectivity index (χ4v) is 1.76. The number of methoxy groups -OCH3 is 1. The molecule has 0 aliphatic carbocycles. The summed E-state index contributed by atoms with van der Waals surface area (Å²) < 4.78 is 4.74. The molecule has 1 rings (SSSR count). The van der Waals surface area contributed by atoms with Gasteiger partial charge in [0.15, 0.2) is 0 Å². The van der Waals surface area contributed by atoms with Crippen LogP contribution in [0.15, 0.2) is 24.3 Å². The third-order valence-corrected chi connectivity index (χ3v) is 3.44. The molecule has 19 heavy (non-hydrogen) atoms. The second kappa shape index (κ2) is 5.87. The Morgan fingerprint density at radius 3 is 2.37 bits per heavy atom. The van der Waals surface area contributed by atoms with E-state index in [0.29, 0.717) is 11.3 Å². The van der Waals surface area contributed by atoms with Gasteiger partial charge in [0, 0.05) is 12.5 Å². The lowest BCUT2D eigenvalue weighted by molar-refractivity contribution is -0.126. The van der Waals surface area contributed by atoms with E-state index in [-0.39, 0.29) is 5.91 Å². The molecule has 0 fully saturated rings. The van der Waals surface area contributed by atoms with Gasteiger partial charge in [-0.3, -0.25) is 4.79 Å². The normalized spacial score (nSPS) is 11.0. The lowest BCUT2D eigenvalue weighted by atomic mass is 9.88. The van der Waals surface area contributed by atoms with Crippen LogP contribution >= 0.6 is 0 Å². The van der Waals surface area contributed by atoms with Crippen LogP contribution < -0.4 is 4.90 Å². The zero-order valence-corrected chi connectivity index (χ0v) is 12.2. The van der Waals surface area contributed by atoms with Gasteiger partial charge < -0.3 is 9.64 Å². The van der Waals surface area contributed by atoms with E-state index < -0.39 is 11.4 Å². The zero-order chi connectivity index (χ0) is 14.6. The quantitative estimate of drug-likeness (QED) is 0.785. The maximum atomic E-state index is 12.4. The Bertz CT molecular complexity index is 480. The molecule has 1 aromatic carbocycles. The van der Waals surface area contributed by atoms with Crippen molar-refractivity contribution in [2.75, 3.05) is 19.1 Å². The van der Waals surface area contributed by atoms with Crippen molar-refractivity contribution in [2.45, 2.75) is 27.2 Å². The number of benzene rings is 1. The molecular weight excluding hydrogens is 242 g/mol. The van der Waals surface area contributed by atoms with Crippen molar-refractivity contribution in [1.82, 2.24) is 0 Å². The first-order chi connectivity index (χ1) is 8.85. The first kappa shape index (κ1) is 15.2. The van der Waals surface area contributed by atoms with Crippen LogP contribution in [-0.2, 0) is 9.53 Å². The van der Waals surface area contributed by atoms with Gasteiger partial charge >= 0.3 is 5.97 Å². The fourth-order valence-electron chi connectivity index (χ4n) is 1.76. The molecule has 0 radical (unpaired) electrons. The molecule has 0 aromatic heterocycles. The monoisotopic (exact) mass is 263 g/mol. The molecule has 1 amide bonds. The van der Waals surface area contributed by atoms with Crippen LogP contribution in [0, 0.1) is 5.41 Å². The number of ether oxygens (including phenoxy) is 1. The average molecular weight is 263 g/mol. The fraction of sp³-hybridized carbons (Fsp3) is 0.467. The van der Waals surface area contributed by atoms with E-state index in [4.69, 9.17) is 4.74 Å². The minimum Gasteiger partial charge on any atom is -0.465 e. The zero-order valence-electron chi connectivity index (χ0n) is 12.2. The van der Waals surface area contributed by atoms with Crippen LogP contribution in [0.2, 0.25) is 0 Å². The van der Waals surface area contributed by atoms with Gasteiger partial charge in [-0.2, -0.15) is 0 Å². The smallest absolute Gasteiger partial charge is 0.339 e.